The molecule has 18 heavy (non-hydrogen) atoms. The second-order valence-corrected chi connectivity index (χ2v) is 5.44. The fraction of sp³-hybridized carbons (Fsp3) is 1.00. The highest BCUT2D eigenvalue weighted by atomic mass is 19.4. The summed E-state index contributed by atoms with van der Waals surface area (Å²) in [7, 11) is 0. The molecular weight excluding hydrogens is 243 g/mol. The van der Waals surface area contributed by atoms with Crippen molar-refractivity contribution >= 4 is 0 Å². The van der Waals surface area contributed by atoms with Crippen LogP contribution in [0.2, 0.25) is 0 Å². The summed E-state index contributed by atoms with van der Waals surface area (Å²) in [4.78, 5) is 0. The molecule has 5 heteroatoms. The van der Waals surface area contributed by atoms with Gasteiger partial charge in [0.2, 0.25) is 0 Å². The Balaban J connectivity index is 1.81. The summed E-state index contributed by atoms with van der Waals surface area (Å²) in [5.74, 6) is -1.17. The van der Waals surface area contributed by atoms with Crippen LogP contribution in [0.25, 0.3) is 0 Å². The van der Waals surface area contributed by atoms with Crippen LogP contribution in [0, 0.1) is 5.92 Å². The predicted molar refractivity (Wildman–Crippen MR) is 63.4 cm³/mol. The van der Waals surface area contributed by atoms with Crippen LogP contribution < -0.4 is 5.32 Å². The highest BCUT2D eigenvalue weighted by Gasteiger charge is 2.45. The normalized spacial score (nSPS) is 34.5. The second kappa shape index (κ2) is 6.24. The van der Waals surface area contributed by atoms with Crippen molar-refractivity contribution < 1.29 is 17.9 Å². The maximum Gasteiger partial charge on any atom is 0.393 e. The lowest BCUT2D eigenvalue weighted by molar-refractivity contribution is -0.189. The molecule has 0 spiro atoms. The van der Waals surface area contributed by atoms with E-state index in [1.165, 1.54) is 0 Å². The van der Waals surface area contributed by atoms with Crippen LogP contribution in [-0.4, -0.2) is 31.5 Å². The Labute approximate surface area is 106 Å². The Morgan fingerprint density at radius 3 is 2.39 bits per heavy atom. The first-order chi connectivity index (χ1) is 8.57. The highest BCUT2D eigenvalue weighted by Crippen LogP contribution is 2.37. The van der Waals surface area contributed by atoms with Gasteiger partial charge in [-0.2, -0.15) is 13.2 Å². The monoisotopic (exact) mass is 265 g/mol. The average Bonchev–Trinajstić information content (AvgIpc) is 2.37. The van der Waals surface area contributed by atoms with Gasteiger partial charge in [-0.05, 0) is 32.1 Å². The second-order valence-electron chi connectivity index (χ2n) is 5.44. The van der Waals surface area contributed by atoms with E-state index in [1.807, 2.05) is 0 Å². The van der Waals surface area contributed by atoms with Gasteiger partial charge in [-0.3, -0.25) is 0 Å². The average molecular weight is 265 g/mol. The topological polar surface area (TPSA) is 21.3 Å². The molecule has 1 heterocycles. The van der Waals surface area contributed by atoms with Crippen LogP contribution in [0.15, 0.2) is 0 Å². The lowest BCUT2D eigenvalue weighted by Crippen LogP contribution is -2.48. The first-order valence-electron chi connectivity index (χ1n) is 6.99. The summed E-state index contributed by atoms with van der Waals surface area (Å²) in [5, 5.41) is 3.10. The molecule has 0 amide bonds. The van der Waals surface area contributed by atoms with Crippen molar-refractivity contribution in [3.05, 3.63) is 0 Å². The SMILES string of the molecule is FC(F)(F)C1CCCCC1NCC1CCCCO1. The van der Waals surface area contributed by atoms with Crippen molar-refractivity contribution in [3.63, 3.8) is 0 Å². The van der Waals surface area contributed by atoms with Gasteiger partial charge in [0.1, 0.15) is 0 Å². The molecule has 0 radical (unpaired) electrons. The van der Waals surface area contributed by atoms with Crippen LogP contribution in [0.1, 0.15) is 44.9 Å². The Hall–Kier alpha value is -0.290. The van der Waals surface area contributed by atoms with E-state index < -0.39 is 18.1 Å². The van der Waals surface area contributed by atoms with Crippen LogP contribution in [0.3, 0.4) is 0 Å². The fourth-order valence-electron chi connectivity index (χ4n) is 3.02. The number of hydrogen-bond acceptors (Lipinski definition) is 2. The van der Waals surface area contributed by atoms with Gasteiger partial charge >= 0.3 is 6.18 Å². The molecule has 2 nitrogen and oxygen atoms in total. The molecule has 2 aliphatic rings. The Kier molecular flexibility index (Phi) is 4.90. The summed E-state index contributed by atoms with van der Waals surface area (Å²) in [6, 6.07) is -0.413. The minimum atomic E-state index is -4.06. The van der Waals surface area contributed by atoms with E-state index >= 15 is 0 Å². The highest BCUT2D eigenvalue weighted by molar-refractivity contribution is 4.86. The van der Waals surface area contributed by atoms with Gasteiger partial charge in [0, 0.05) is 19.2 Å². The minimum Gasteiger partial charge on any atom is -0.377 e. The minimum absolute atomic E-state index is 0.106. The van der Waals surface area contributed by atoms with E-state index in [9.17, 15) is 13.2 Å². The smallest absolute Gasteiger partial charge is 0.377 e. The molecule has 0 aromatic heterocycles. The summed E-state index contributed by atoms with van der Waals surface area (Å²) in [6.07, 6.45) is 1.71. The summed E-state index contributed by atoms with van der Waals surface area (Å²) in [5.41, 5.74) is 0. The van der Waals surface area contributed by atoms with Crippen molar-refractivity contribution in [1.82, 2.24) is 5.32 Å². The van der Waals surface area contributed by atoms with Crippen molar-refractivity contribution in [2.75, 3.05) is 13.2 Å². The van der Waals surface area contributed by atoms with Gasteiger partial charge in [0.05, 0.1) is 12.0 Å². The molecule has 2 rings (SSSR count). The molecule has 0 bridgehead atoms. The molecule has 1 aliphatic carbocycles. The Bertz CT molecular complexity index is 251. The number of hydrogen-bond donors (Lipinski definition) is 1. The van der Waals surface area contributed by atoms with Crippen LogP contribution in [0.5, 0.6) is 0 Å². The lowest BCUT2D eigenvalue weighted by Gasteiger charge is -2.35. The molecule has 1 saturated heterocycles. The van der Waals surface area contributed by atoms with Gasteiger partial charge in [-0.25, -0.2) is 0 Å². The molecule has 3 atom stereocenters. The Morgan fingerprint density at radius 2 is 1.72 bits per heavy atom. The number of rotatable bonds is 3. The molecule has 3 unspecified atom stereocenters. The first-order valence-corrected chi connectivity index (χ1v) is 6.99. The quantitative estimate of drug-likeness (QED) is 0.845. The maximum absolute atomic E-state index is 12.9. The van der Waals surface area contributed by atoms with Crippen LogP contribution >= 0.6 is 0 Å². The summed E-state index contributed by atoms with van der Waals surface area (Å²) < 4.78 is 44.2. The first kappa shape index (κ1) is 14.1. The molecular formula is C13H22F3NO. The van der Waals surface area contributed by atoms with Gasteiger partial charge in [0.15, 0.2) is 0 Å². The molecule has 1 saturated carbocycles. The Morgan fingerprint density at radius 1 is 1.00 bits per heavy atom. The molecule has 0 aromatic carbocycles. The third-order valence-corrected chi connectivity index (χ3v) is 4.07. The van der Waals surface area contributed by atoms with Crippen molar-refractivity contribution in [2.24, 2.45) is 5.92 Å². The summed E-state index contributed by atoms with van der Waals surface area (Å²) >= 11 is 0. The number of ether oxygens (including phenoxy) is 1. The van der Waals surface area contributed by atoms with Crippen molar-refractivity contribution in [1.29, 1.82) is 0 Å². The lowest BCUT2D eigenvalue weighted by atomic mass is 9.84. The zero-order valence-electron chi connectivity index (χ0n) is 10.6. The molecule has 106 valence electrons. The van der Waals surface area contributed by atoms with E-state index in [0.717, 1.165) is 32.3 Å². The largest absolute Gasteiger partial charge is 0.393 e. The zero-order chi connectivity index (χ0) is 13.0. The van der Waals surface area contributed by atoms with E-state index in [4.69, 9.17) is 4.74 Å². The number of halogens is 3. The van der Waals surface area contributed by atoms with Gasteiger partial charge in [0.25, 0.3) is 0 Å². The fourth-order valence-corrected chi connectivity index (χ4v) is 3.02. The standard InChI is InChI=1S/C13H22F3NO/c14-13(15,16)11-6-1-2-7-12(11)17-9-10-5-3-4-8-18-10/h10-12,17H,1-9H2. The van der Waals surface area contributed by atoms with Gasteiger partial charge in [-0.15, -0.1) is 0 Å². The van der Waals surface area contributed by atoms with Crippen molar-refractivity contribution in [3.8, 4) is 0 Å². The third kappa shape index (κ3) is 3.85. The van der Waals surface area contributed by atoms with E-state index in [1.54, 1.807) is 0 Å². The molecule has 2 fully saturated rings. The molecule has 1 aliphatic heterocycles. The zero-order valence-corrected chi connectivity index (χ0v) is 10.6. The van der Waals surface area contributed by atoms with Crippen molar-refractivity contribution in [2.45, 2.75) is 63.3 Å². The maximum atomic E-state index is 12.9. The number of alkyl halides is 3. The molecule has 0 aromatic rings. The van der Waals surface area contributed by atoms with E-state index in [0.29, 0.717) is 19.4 Å². The predicted octanol–water partition coefficient (Wildman–Crippen LogP) is 3.27. The molecule has 1 N–H and O–H groups in total. The van der Waals surface area contributed by atoms with E-state index in [2.05, 4.69) is 5.32 Å². The van der Waals surface area contributed by atoms with Crippen LogP contribution in [-0.2, 0) is 4.74 Å². The number of nitrogens with one attached hydrogen (secondary N) is 1. The van der Waals surface area contributed by atoms with Crippen LogP contribution in [0.4, 0.5) is 13.2 Å². The third-order valence-electron chi connectivity index (χ3n) is 4.07. The van der Waals surface area contributed by atoms with Gasteiger partial charge < -0.3 is 10.1 Å². The van der Waals surface area contributed by atoms with E-state index in [-0.39, 0.29) is 12.5 Å². The van der Waals surface area contributed by atoms with Gasteiger partial charge in [-0.1, -0.05) is 12.8 Å². The summed E-state index contributed by atoms with van der Waals surface area (Å²) in [6.45, 7) is 1.32.